The van der Waals surface area contributed by atoms with Crippen LogP contribution in [-0.2, 0) is 0 Å². The van der Waals surface area contributed by atoms with Gasteiger partial charge in [-0.25, -0.2) is 0 Å². The molecule has 70 valence electrons. The quantitative estimate of drug-likeness (QED) is 0.711. The van der Waals surface area contributed by atoms with Gasteiger partial charge in [-0.1, -0.05) is 54.6 Å². The molecule has 1 aromatic carbocycles. The molecule has 1 aromatic rings. The average molecular weight is 183 g/mol. The third-order valence-electron chi connectivity index (χ3n) is 2.15. The molecule has 0 fully saturated rings. The minimum Gasteiger partial charge on any atom is -0.321 e. The molecule has 0 saturated heterocycles. The van der Waals surface area contributed by atoms with Crippen LogP contribution in [0.5, 0.6) is 0 Å². The first-order valence-corrected chi connectivity index (χ1v) is 4.73. The van der Waals surface area contributed by atoms with Gasteiger partial charge in [-0.05, 0) is 17.2 Å². The summed E-state index contributed by atoms with van der Waals surface area (Å²) in [4.78, 5) is 0. The molecule has 1 aliphatic rings. The predicted molar refractivity (Wildman–Crippen MR) is 60.7 cm³/mol. The lowest BCUT2D eigenvalue weighted by Crippen LogP contribution is -2.14. The summed E-state index contributed by atoms with van der Waals surface area (Å²) in [7, 11) is 0. The van der Waals surface area contributed by atoms with Crippen LogP contribution < -0.4 is 5.73 Å². The average Bonchev–Trinajstić information content (AvgIpc) is 2.23. The summed E-state index contributed by atoms with van der Waals surface area (Å²) in [6.45, 7) is 0. The number of allylic oxidation sites excluding steroid dienone is 3. The van der Waals surface area contributed by atoms with Gasteiger partial charge in [0.05, 0.1) is 0 Å². The fourth-order valence-electron chi connectivity index (χ4n) is 1.40. The summed E-state index contributed by atoms with van der Waals surface area (Å²) >= 11 is 0. The number of rotatable bonds is 1. The summed E-state index contributed by atoms with van der Waals surface area (Å²) < 4.78 is 0. The zero-order chi connectivity index (χ0) is 9.80. The van der Waals surface area contributed by atoms with Crippen LogP contribution in [-0.4, -0.2) is 6.04 Å². The Morgan fingerprint density at radius 1 is 1.00 bits per heavy atom. The van der Waals surface area contributed by atoms with Crippen LogP contribution in [0.25, 0.3) is 6.08 Å². The highest BCUT2D eigenvalue weighted by Crippen LogP contribution is 2.12. The van der Waals surface area contributed by atoms with E-state index in [1.807, 2.05) is 30.4 Å². The molecule has 1 nitrogen and oxygen atoms in total. The van der Waals surface area contributed by atoms with Crippen molar-refractivity contribution in [1.29, 1.82) is 0 Å². The smallest absolute Gasteiger partial charge is 0.0416 e. The zero-order valence-electron chi connectivity index (χ0n) is 7.93. The van der Waals surface area contributed by atoms with E-state index in [0.717, 1.165) is 0 Å². The van der Waals surface area contributed by atoms with Crippen molar-refractivity contribution in [2.75, 3.05) is 0 Å². The highest BCUT2D eigenvalue weighted by molar-refractivity contribution is 5.60. The SMILES string of the molecule is NC1C=CC(=Cc2ccccc2)C=C1. The maximum atomic E-state index is 5.69. The zero-order valence-corrected chi connectivity index (χ0v) is 7.93. The molecule has 0 unspecified atom stereocenters. The minimum atomic E-state index is 0.0722. The van der Waals surface area contributed by atoms with Crippen LogP contribution in [0.3, 0.4) is 0 Å². The Balaban J connectivity index is 2.21. The molecule has 0 saturated carbocycles. The largest absolute Gasteiger partial charge is 0.321 e. The third-order valence-corrected chi connectivity index (χ3v) is 2.15. The van der Waals surface area contributed by atoms with E-state index in [2.05, 4.69) is 30.4 Å². The number of benzene rings is 1. The van der Waals surface area contributed by atoms with Crippen LogP contribution >= 0.6 is 0 Å². The fraction of sp³-hybridized carbons (Fsp3) is 0.0769. The van der Waals surface area contributed by atoms with Crippen LogP contribution in [0.1, 0.15) is 5.56 Å². The van der Waals surface area contributed by atoms with Gasteiger partial charge in [0.1, 0.15) is 0 Å². The van der Waals surface area contributed by atoms with Gasteiger partial charge in [-0.3, -0.25) is 0 Å². The Bertz CT molecular complexity index is 369. The van der Waals surface area contributed by atoms with Crippen LogP contribution in [0.4, 0.5) is 0 Å². The standard InChI is InChI=1S/C13H13N/c14-13-8-6-12(7-9-13)10-11-4-2-1-3-5-11/h1-10,13H,14H2. The molecule has 0 amide bonds. The van der Waals surface area contributed by atoms with Gasteiger partial charge in [0.15, 0.2) is 0 Å². The van der Waals surface area contributed by atoms with Gasteiger partial charge in [-0.2, -0.15) is 0 Å². The van der Waals surface area contributed by atoms with Crippen molar-refractivity contribution in [2.45, 2.75) is 6.04 Å². The second-order valence-electron chi connectivity index (χ2n) is 3.35. The Hall–Kier alpha value is -1.60. The lowest BCUT2D eigenvalue weighted by atomic mass is 10.0. The Morgan fingerprint density at radius 3 is 2.29 bits per heavy atom. The maximum Gasteiger partial charge on any atom is 0.0416 e. The van der Waals surface area contributed by atoms with Crippen molar-refractivity contribution < 1.29 is 0 Å². The van der Waals surface area contributed by atoms with Crippen molar-refractivity contribution in [1.82, 2.24) is 0 Å². The molecule has 0 aromatic heterocycles. The van der Waals surface area contributed by atoms with Crippen molar-refractivity contribution >= 4 is 6.08 Å². The monoisotopic (exact) mass is 183 g/mol. The second-order valence-corrected chi connectivity index (χ2v) is 3.35. The molecule has 0 bridgehead atoms. The number of nitrogens with two attached hydrogens (primary N) is 1. The summed E-state index contributed by atoms with van der Waals surface area (Å²) in [5.41, 5.74) is 8.10. The maximum absolute atomic E-state index is 5.69. The normalized spacial score (nSPS) is 19.8. The highest BCUT2D eigenvalue weighted by Gasteiger charge is 1.97. The van der Waals surface area contributed by atoms with E-state index >= 15 is 0 Å². The first-order valence-electron chi connectivity index (χ1n) is 4.73. The summed E-state index contributed by atoms with van der Waals surface area (Å²) in [6, 6.07) is 10.3. The molecule has 0 aliphatic heterocycles. The van der Waals surface area contributed by atoms with E-state index in [0.29, 0.717) is 0 Å². The summed E-state index contributed by atoms with van der Waals surface area (Å²) in [5, 5.41) is 0. The molecule has 0 spiro atoms. The van der Waals surface area contributed by atoms with Gasteiger partial charge in [0, 0.05) is 6.04 Å². The number of hydrogen-bond donors (Lipinski definition) is 1. The van der Waals surface area contributed by atoms with E-state index in [1.165, 1.54) is 11.1 Å². The molecule has 1 heteroatoms. The van der Waals surface area contributed by atoms with E-state index in [1.54, 1.807) is 0 Å². The van der Waals surface area contributed by atoms with Crippen molar-refractivity contribution in [3.05, 3.63) is 65.8 Å². The van der Waals surface area contributed by atoms with E-state index in [9.17, 15) is 0 Å². The summed E-state index contributed by atoms with van der Waals surface area (Å²) in [6.07, 6.45) is 10.2. The molecule has 2 N–H and O–H groups in total. The number of hydrogen-bond acceptors (Lipinski definition) is 1. The lowest BCUT2D eigenvalue weighted by molar-refractivity contribution is 1.02. The molecule has 2 rings (SSSR count). The van der Waals surface area contributed by atoms with Crippen LogP contribution in [0, 0.1) is 0 Å². The van der Waals surface area contributed by atoms with Crippen LogP contribution in [0.2, 0.25) is 0 Å². The van der Waals surface area contributed by atoms with Gasteiger partial charge in [-0.15, -0.1) is 0 Å². The van der Waals surface area contributed by atoms with Crippen molar-refractivity contribution in [3.8, 4) is 0 Å². The highest BCUT2D eigenvalue weighted by atomic mass is 14.6. The van der Waals surface area contributed by atoms with Gasteiger partial charge in [0.2, 0.25) is 0 Å². The lowest BCUT2D eigenvalue weighted by Gasteiger charge is -2.05. The first-order chi connectivity index (χ1) is 6.84. The van der Waals surface area contributed by atoms with Gasteiger partial charge in [0.25, 0.3) is 0 Å². The fourth-order valence-corrected chi connectivity index (χ4v) is 1.40. The van der Waals surface area contributed by atoms with Crippen LogP contribution in [0.15, 0.2) is 60.2 Å². The van der Waals surface area contributed by atoms with E-state index < -0.39 is 0 Å². The molecule has 14 heavy (non-hydrogen) atoms. The van der Waals surface area contributed by atoms with Gasteiger partial charge < -0.3 is 5.73 Å². The summed E-state index contributed by atoms with van der Waals surface area (Å²) in [5.74, 6) is 0. The molecular weight excluding hydrogens is 170 g/mol. The van der Waals surface area contributed by atoms with E-state index in [-0.39, 0.29) is 6.04 Å². The first kappa shape index (κ1) is 8.97. The topological polar surface area (TPSA) is 26.0 Å². The second kappa shape index (κ2) is 4.07. The van der Waals surface area contributed by atoms with Crippen molar-refractivity contribution in [3.63, 3.8) is 0 Å². The van der Waals surface area contributed by atoms with Gasteiger partial charge >= 0.3 is 0 Å². The minimum absolute atomic E-state index is 0.0722. The Kier molecular flexibility index (Phi) is 2.61. The third kappa shape index (κ3) is 2.21. The Labute approximate surface area is 84.3 Å². The molecule has 0 radical (unpaired) electrons. The Morgan fingerprint density at radius 2 is 1.64 bits per heavy atom. The van der Waals surface area contributed by atoms with Crippen molar-refractivity contribution in [2.24, 2.45) is 5.73 Å². The van der Waals surface area contributed by atoms with E-state index in [4.69, 9.17) is 5.73 Å². The molecular formula is C13H13N. The molecule has 1 aliphatic carbocycles. The molecule has 0 heterocycles. The molecule has 0 atom stereocenters. The predicted octanol–water partition coefficient (Wildman–Crippen LogP) is 2.52.